The van der Waals surface area contributed by atoms with Crippen molar-refractivity contribution < 1.29 is 4.74 Å². The normalized spacial score (nSPS) is 29.4. The summed E-state index contributed by atoms with van der Waals surface area (Å²) in [7, 11) is 0. The zero-order valence-corrected chi connectivity index (χ0v) is 9.92. The molecule has 1 aromatic rings. The summed E-state index contributed by atoms with van der Waals surface area (Å²) in [4.78, 5) is 0. The second-order valence-corrected chi connectivity index (χ2v) is 4.69. The lowest BCUT2D eigenvalue weighted by Crippen LogP contribution is -2.44. The molecule has 2 unspecified atom stereocenters. The number of benzene rings is 1. The van der Waals surface area contributed by atoms with E-state index in [-0.39, 0.29) is 5.60 Å². The summed E-state index contributed by atoms with van der Waals surface area (Å²) < 4.78 is 6.17. The first-order chi connectivity index (χ1) is 7.19. The van der Waals surface area contributed by atoms with E-state index in [2.05, 4.69) is 45.0 Å². The van der Waals surface area contributed by atoms with Crippen LogP contribution in [0.1, 0.15) is 39.2 Å². The van der Waals surface area contributed by atoms with E-state index in [1.807, 2.05) is 0 Å². The topological polar surface area (TPSA) is 9.23 Å². The molecule has 0 fully saturated rings. The third-order valence-electron chi connectivity index (χ3n) is 3.84. The Morgan fingerprint density at radius 2 is 2.07 bits per heavy atom. The zero-order valence-electron chi connectivity index (χ0n) is 9.92. The Kier molecular flexibility index (Phi) is 2.72. The minimum Gasteiger partial charge on any atom is -0.487 e. The van der Waals surface area contributed by atoms with E-state index in [4.69, 9.17) is 4.74 Å². The minimum absolute atomic E-state index is 0.0309. The van der Waals surface area contributed by atoms with Crippen LogP contribution >= 0.6 is 0 Å². The summed E-state index contributed by atoms with van der Waals surface area (Å²) in [5, 5.41) is 0. The molecular formula is C14H20O. The quantitative estimate of drug-likeness (QED) is 0.711. The fraction of sp³-hybridized carbons (Fsp3) is 0.571. The summed E-state index contributed by atoms with van der Waals surface area (Å²) in [5.74, 6) is 1.74. The van der Waals surface area contributed by atoms with Gasteiger partial charge in [-0.2, -0.15) is 0 Å². The van der Waals surface area contributed by atoms with Crippen molar-refractivity contribution in [3.05, 3.63) is 29.8 Å². The van der Waals surface area contributed by atoms with Crippen LogP contribution in [0.3, 0.4) is 0 Å². The van der Waals surface area contributed by atoms with Crippen molar-refractivity contribution in [3.63, 3.8) is 0 Å². The van der Waals surface area contributed by atoms with Gasteiger partial charge in [0, 0.05) is 5.92 Å². The first-order valence-electron chi connectivity index (χ1n) is 5.96. The summed E-state index contributed by atoms with van der Waals surface area (Å²) in [6.45, 7) is 6.73. The Morgan fingerprint density at radius 1 is 1.33 bits per heavy atom. The van der Waals surface area contributed by atoms with Gasteiger partial charge in [-0.05, 0) is 37.8 Å². The van der Waals surface area contributed by atoms with Gasteiger partial charge in [0.25, 0.3) is 0 Å². The third-order valence-corrected chi connectivity index (χ3v) is 3.84. The molecule has 0 N–H and O–H groups in total. The molecule has 1 heteroatoms. The van der Waals surface area contributed by atoms with E-state index in [9.17, 15) is 0 Å². The Labute approximate surface area is 92.5 Å². The number of ether oxygens (including phenoxy) is 1. The summed E-state index contributed by atoms with van der Waals surface area (Å²) in [6, 6.07) is 8.44. The number of hydrogen-bond donors (Lipinski definition) is 0. The standard InChI is InChI=1S/C14H20O/c1-4-12-10-11-8-6-7-9-13(11)15-14(12,3)5-2/h6-9,12H,4-5,10H2,1-3H3. The van der Waals surface area contributed by atoms with Crippen molar-refractivity contribution in [3.8, 4) is 5.75 Å². The molecule has 1 heterocycles. The van der Waals surface area contributed by atoms with Gasteiger partial charge in [0.05, 0.1) is 0 Å². The maximum Gasteiger partial charge on any atom is 0.123 e. The second kappa shape index (κ2) is 3.88. The van der Waals surface area contributed by atoms with Crippen LogP contribution in [-0.2, 0) is 6.42 Å². The van der Waals surface area contributed by atoms with E-state index in [1.54, 1.807) is 0 Å². The van der Waals surface area contributed by atoms with Crippen LogP contribution in [0.15, 0.2) is 24.3 Å². The van der Waals surface area contributed by atoms with Crippen LogP contribution in [0.4, 0.5) is 0 Å². The van der Waals surface area contributed by atoms with Gasteiger partial charge in [0.2, 0.25) is 0 Å². The predicted octanol–water partition coefficient (Wildman–Crippen LogP) is 3.82. The molecule has 0 amide bonds. The van der Waals surface area contributed by atoms with Gasteiger partial charge in [-0.25, -0.2) is 0 Å². The fourth-order valence-corrected chi connectivity index (χ4v) is 2.52. The van der Waals surface area contributed by atoms with Crippen LogP contribution < -0.4 is 4.74 Å². The van der Waals surface area contributed by atoms with Crippen molar-refractivity contribution in [1.29, 1.82) is 0 Å². The lowest BCUT2D eigenvalue weighted by atomic mass is 9.78. The van der Waals surface area contributed by atoms with E-state index in [0.717, 1.165) is 18.6 Å². The van der Waals surface area contributed by atoms with E-state index in [1.165, 1.54) is 12.0 Å². The number of hydrogen-bond acceptors (Lipinski definition) is 1. The van der Waals surface area contributed by atoms with E-state index < -0.39 is 0 Å². The molecule has 1 aliphatic heterocycles. The molecule has 0 aromatic heterocycles. The van der Waals surface area contributed by atoms with Crippen LogP contribution in [0.2, 0.25) is 0 Å². The smallest absolute Gasteiger partial charge is 0.123 e. The highest BCUT2D eigenvalue weighted by molar-refractivity contribution is 5.36. The third kappa shape index (κ3) is 1.75. The molecule has 1 aliphatic rings. The van der Waals surface area contributed by atoms with Gasteiger partial charge in [-0.1, -0.05) is 32.0 Å². The largest absolute Gasteiger partial charge is 0.487 e. The van der Waals surface area contributed by atoms with Crippen LogP contribution in [-0.4, -0.2) is 5.60 Å². The van der Waals surface area contributed by atoms with Crippen molar-refractivity contribution in [2.75, 3.05) is 0 Å². The molecule has 1 nitrogen and oxygen atoms in total. The molecule has 2 rings (SSSR count). The molecule has 15 heavy (non-hydrogen) atoms. The molecule has 2 atom stereocenters. The van der Waals surface area contributed by atoms with Gasteiger partial charge in [-0.3, -0.25) is 0 Å². The molecule has 0 saturated heterocycles. The predicted molar refractivity (Wildman–Crippen MR) is 63.3 cm³/mol. The average Bonchev–Trinajstić information content (AvgIpc) is 2.28. The summed E-state index contributed by atoms with van der Waals surface area (Å²) in [5.41, 5.74) is 1.40. The Balaban J connectivity index is 2.35. The molecular weight excluding hydrogens is 184 g/mol. The lowest BCUT2D eigenvalue weighted by molar-refractivity contribution is 0.00419. The van der Waals surface area contributed by atoms with E-state index in [0.29, 0.717) is 5.92 Å². The molecule has 0 saturated carbocycles. The highest BCUT2D eigenvalue weighted by atomic mass is 16.5. The van der Waals surface area contributed by atoms with Crippen molar-refractivity contribution in [2.45, 2.75) is 45.6 Å². The Hall–Kier alpha value is -0.980. The maximum absolute atomic E-state index is 6.17. The van der Waals surface area contributed by atoms with Crippen LogP contribution in [0, 0.1) is 5.92 Å². The highest BCUT2D eigenvalue weighted by Gasteiger charge is 2.37. The molecule has 0 aliphatic carbocycles. The zero-order chi connectivity index (χ0) is 10.9. The molecule has 1 aromatic carbocycles. The Morgan fingerprint density at radius 3 is 2.73 bits per heavy atom. The first-order valence-corrected chi connectivity index (χ1v) is 5.96. The van der Waals surface area contributed by atoms with Crippen LogP contribution in [0.25, 0.3) is 0 Å². The van der Waals surface area contributed by atoms with Gasteiger partial charge in [-0.15, -0.1) is 0 Å². The fourth-order valence-electron chi connectivity index (χ4n) is 2.52. The monoisotopic (exact) mass is 204 g/mol. The summed E-state index contributed by atoms with van der Waals surface area (Å²) in [6.07, 6.45) is 3.44. The number of fused-ring (bicyclic) bond motifs is 1. The second-order valence-electron chi connectivity index (χ2n) is 4.69. The summed E-state index contributed by atoms with van der Waals surface area (Å²) >= 11 is 0. The van der Waals surface area contributed by atoms with Gasteiger partial charge in [0.15, 0.2) is 0 Å². The number of rotatable bonds is 2. The van der Waals surface area contributed by atoms with Crippen molar-refractivity contribution >= 4 is 0 Å². The average molecular weight is 204 g/mol. The van der Waals surface area contributed by atoms with Crippen LogP contribution in [0.5, 0.6) is 5.75 Å². The van der Waals surface area contributed by atoms with Gasteiger partial charge < -0.3 is 4.74 Å². The molecule has 82 valence electrons. The van der Waals surface area contributed by atoms with Crippen molar-refractivity contribution in [2.24, 2.45) is 5.92 Å². The lowest BCUT2D eigenvalue weighted by Gasteiger charge is -2.41. The van der Waals surface area contributed by atoms with Gasteiger partial charge in [0.1, 0.15) is 11.4 Å². The molecule has 0 radical (unpaired) electrons. The van der Waals surface area contributed by atoms with Gasteiger partial charge >= 0.3 is 0 Å². The minimum atomic E-state index is 0.0309. The molecule has 0 spiro atoms. The molecule has 0 bridgehead atoms. The first kappa shape index (κ1) is 10.5. The number of para-hydroxylation sites is 1. The van der Waals surface area contributed by atoms with E-state index >= 15 is 0 Å². The highest BCUT2D eigenvalue weighted by Crippen LogP contribution is 2.39. The SMILES string of the molecule is CCC1Cc2ccccc2OC1(C)CC. The maximum atomic E-state index is 6.17. The van der Waals surface area contributed by atoms with Crippen molar-refractivity contribution in [1.82, 2.24) is 0 Å². The Bertz CT molecular complexity index is 345.